The zero-order valence-electron chi connectivity index (χ0n) is 20.1. The van der Waals surface area contributed by atoms with Crippen LogP contribution in [0.3, 0.4) is 0 Å². The van der Waals surface area contributed by atoms with Crippen molar-refractivity contribution in [3.05, 3.63) is 127 Å². The minimum Gasteiger partial charge on any atom is -0.267 e. The van der Waals surface area contributed by atoms with Gasteiger partial charge in [0.25, 0.3) is 5.91 Å². The molecule has 36 heavy (non-hydrogen) atoms. The van der Waals surface area contributed by atoms with Crippen LogP contribution in [0.2, 0.25) is 0 Å². The fourth-order valence-corrected chi connectivity index (χ4v) is 10.1. The number of hydrogen-bond acceptors (Lipinski definition) is 3. The number of aliphatic imine (C=N–C) groups is 2. The Morgan fingerprint density at radius 2 is 1.08 bits per heavy atom. The van der Waals surface area contributed by atoms with Crippen LogP contribution in [-0.4, -0.2) is 27.8 Å². The third kappa shape index (κ3) is 4.55. The van der Waals surface area contributed by atoms with Crippen molar-refractivity contribution in [3.63, 3.8) is 0 Å². The second-order valence-electron chi connectivity index (χ2n) is 8.40. The molecule has 1 aliphatic heterocycles. The number of hydrogen-bond donors (Lipinski definition) is 0. The Hall–Kier alpha value is -3.46. The Balaban J connectivity index is 1.92. The van der Waals surface area contributed by atoms with Gasteiger partial charge in [0.05, 0.1) is 5.29 Å². The van der Waals surface area contributed by atoms with E-state index in [1.54, 1.807) is 11.8 Å². The van der Waals surface area contributed by atoms with E-state index in [9.17, 15) is 4.79 Å². The van der Waals surface area contributed by atoms with Gasteiger partial charge in [0.2, 0.25) is 0 Å². The highest BCUT2D eigenvalue weighted by atomic mass is 32.2. The predicted octanol–water partition coefficient (Wildman–Crippen LogP) is 5.68. The highest BCUT2D eigenvalue weighted by molar-refractivity contribution is 8.18. The number of amidine groups is 1. The van der Waals surface area contributed by atoms with E-state index >= 15 is 0 Å². The van der Waals surface area contributed by atoms with Crippen LogP contribution in [0, 0.1) is 0 Å². The van der Waals surface area contributed by atoms with Crippen LogP contribution in [-0.2, 0) is 4.79 Å². The summed E-state index contributed by atoms with van der Waals surface area (Å²) in [5.41, 5.74) is 0.850. The zero-order chi connectivity index (χ0) is 24.8. The van der Waals surface area contributed by atoms with Crippen molar-refractivity contribution in [2.24, 2.45) is 9.98 Å². The summed E-state index contributed by atoms with van der Waals surface area (Å²) in [5, 5.41) is 4.85. The number of thioether (sulfide) groups is 1. The van der Waals surface area contributed by atoms with Crippen LogP contribution in [0.15, 0.2) is 131 Å². The third-order valence-electron chi connectivity index (χ3n) is 6.06. The molecule has 0 aromatic heterocycles. The van der Waals surface area contributed by atoms with Gasteiger partial charge in [0, 0.05) is 5.56 Å². The van der Waals surface area contributed by atoms with Gasteiger partial charge in [-0.05, 0) is 35.0 Å². The summed E-state index contributed by atoms with van der Waals surface area (Å²) in [6, 6.07) is 41.0. The molecule has 0 radical (unpaired) electrons. The topological polar surface area (TPSA) is 41.8 Å². The van der Waals surface area contributed by atoms with Gasteiger partial charge in [0.1, 0.15) is 5.04 Å². The van der Waals surface area contributed by atoms with E-state index < -0.39 is 6.89 Å². The smallest absolute Gasteiger partial charge is 0.267 e. The molecule has 1 amide bonds. The lowest BCUT2D eigenvalue weighted by molar-refractivity contribution is -0.111. The molecule has 0 saturated heterocycles. The van der Waals surface area contributed by atoms with Gasteiger partial charge in [-0.2, -0.15) is 4.99 Å². The van der Waals surface area contributed by atoms with Crippen molar-refractivity contribution < 1.29 is 4.79 Å². The van der Waals surface area contributed by atoms with E-state index in [2.05, 4.69) is 84.7 Å². The van der Waals surface area contributed by atoms with Crippen LogP contribution in [0.25, 0.3) is 0 Å². The quantitative estimate of drug-likeness (QED) is 0.316. The van der Waals surface area contributed by atoms with E-state index in [1.807, 2.05) is 48.5 Å². The van der Waals surface area contributed by atoms with Gasteiger partial charge < -0.3 is 0 Å². The summed E-state index contributed by atoms with van der Waals surface area (Å²) < 4.78 is 0. The first-order valence-electron chi connectivity index (χ1n) is 12.1. The van der Waals surface area contributed by atoms with Crippen molar-refractivity contribution in [2.75, 3.05) is 5.75 Å². The number of nitrogens with zero attached hydrogens (tertiary/aromatic N) is 2. The molecule has 0 spiro atoms. The Labute approximate surface area is 217 Å². The molecular formula is C31H27N2OPS. The molecule has 5 heteroatoms. The van der Waals surface area contributed by atoms with Gasteiger partial charge >= 0.3 is 0 Å². The molecule has 3 nitrogen and oxygen atoms in total. The molecule has 0 aliphatic carbocycles. The first-order valence-corrected chi connectivity index (χ1v) is 14.9. The number of carbonyl (C=O) groups excluding carboxylic acids is 1. The molecule has 0 atom stereocenters. The van der Waals surface area contributed by atoms with Crippen LogP contribution in [0.4, 0.5) is 0 Å². The summed E-state index contributed by atoms with van der Waals surface area (Å²) in [6.45, 7) is -0.440. The Bertz CT molecular complexity index is 1360. The summed E-state index contributed by atoms with van der Waals surface area (Å²) >= 11 is 1.66. The van der Waals surface area contributed by atoms with E-state index in [-0.39, 0.29) is 5.91 Å². The number of benzene rings is 4. The number of carbonyl (C=O) groups is 1. The average Bonchev–Trinajstić information content (AvgIpc) is 2.95. The molecule has 1 aliphatic rings. The summed E-state index contributed by atoms with van der Waals surface area (Å²) in [7, 11) is 0. The van der Waals surface area contributed by atoms with Crippen LogP contribution < -0.4 is 15.9 Å². The fourth-order valence-electron chi connectivity index (χ4n) is 4.51. The summed E-state index contributed by atoms with van der Waals surface area (Å²) in [6.07, 6.45) is 0.983. The Morgan fingerprint density at radius 1 is 0.639 bits per heavy atom. The Morgan fingerprint density at radius 3 is 1.53 bits per heavy atom. The first-order chi connectivity index (χ1) is 17.7. The van der Waals surface area contributed by atoms with E-state index in [0.717, 1.165) is 38.7 Å². The molecule has 178 valence electrons. The second-order valence-corrected chi connectivity index (χ2v) is 12.8. The molecule has 0 saturated carbocycles. The van der Waals surface area contributed by atoms with E-state index in [0.29, 0.717) is 11.1 Å². The normalized spacial score (nSPS) is 13.8. The molecule has 0 fully saturated rings. The Kier molecular flexibility index (Phi) is 7.46. The standard InChI is InChI=1S/C31H27N2OPS/c1-2-23-36-31-28(30(34)32-29(33-31)24-15-7-3-8-16-24)35(25-17-9-4-10-18-25,26-19-11-5-12-20-26)27-21-13-6-14-22-27/h3-22H,2,23H2,1H3. The lowest BCUT2D eigenvalue weighted by Crippen LogP contribution is -2.38. The molecule has 0 bridgehead atoms. The van der Waals surface area contributed by atoms with E-state index in [1.165, 1.54) is 0 Å². The average molecular weight is 507 g/mol. The van der Waals surface area contributed by atoms with Gasteiger partial charge in [-0.3, -0.25) is 4.79 Å². The lowest BCUT2D eigenvalue weighted by Gasteiger charge is -2.33. The van der Waals surface area contributed by atoms with E-state index in [4.69, 9.17) is 4.99 Å². The molecule has 4 aromatic carbocycles. The van der Waals surface area contributed by atoms with Gasteiger partial charge in [-0.1, -0.05) is 128 Å². The third-order valence-corrected chi connectivity index (χ3v) is 11.7. The van der Waals surface area contributed by atoms with Crippen molar-refractivity contribution in [1.29, 1.82) is 0 Å². The lowest BCUT2D eigenvalue weighted by atomic mass is 10.2. The SMILES string of the molecule is CCCSC1=NC(c2ccccc2)=NC(=O)C1=P(c1ccccc1)(c1ccccc1)c1ccccc1. The summed E-state index contributed by atoms with van der Waals surface area (Å²) in [4.78, 5) is 23.9. The summed E-state index contributed by atoms with van der Waals surface area (Å²) in [5.74, 6) is 1.15. The maximum absolute atomic E-state index is 14.2. The van der Waals surface area contributed by atoms with Gasteiger partial charge in [-0.15, -0.1) is 11.8 Å². The molecular weight excluding hydrogens is 479 g/mol. The fraction of sp³-hybridized carbons (Fsp3) is 0.0968. The van der Waals surface area contributed by atoms with Crippen molar-refractivity contribution in [3.8, 4) is 0 Å². The largest absolute Gasteiger partial charge is 0.282 e. The minimum atomic E-state index is -2.59. The highest BCUT2D eigenvalue weighted by Gasteiger charge is 2.37. The molecule has 1 heterocycles. The maximum atomic E-state index is 14.2. The molecule has 0 unspecified atom stereocenters. The van der Waals surface area contributed by atoms with Gasteiger partial charge in [0.15, 0.2) is 5.84 Å². The minimum absolute atomic E-state index is 0.202. The second kappa shape index (κ2) is 11.1. The predicted molar refractivity (Wildman–Crippen MR) is 158 cm³/mol. The monoisotopic (exact) mass is 506 g/mol. The molecule has 5 rings (SSSR count). The first kappa shape index (κ1) is 24.2. The van der Waals surface area contributed by atoms with Crippen molar-refractivity contribution in [2.45, 2.75) is 13.3 Å². The van der Waals surface area contributed by atoms with Crippen molar-refractivity contribution >= 4 is 56.6 Å². The van der Waals surface area contributed by atoms with Gasteiger partial charge in [-0.25, -0.2) is 4.99 Å². The van der Waals surface area contributed by atoms with Crippen LogP contribution in [0.1, 0.15) is 18.9 Å². The number of amides is 1. The zero-order valence-corrected chi connectivity index (χ0v) is 21.8. The number of rotatable bonds is 6. The maximum Gasteiger partial charge on any atom is 0.282 e. The van der Waals surface area contributed by atoms with Crippen molar-refractivity contribution in [1.82, 2.24) is 0 Å². The van der Waals surface area contributed by atoms with Crippen LogP contribution in [0.5, 0.6) is 0 Å². The molecule has 0 N–H and O–H groups in total. The van der Waals surface area contributed by atoms with Crippen LogP contribution >= 0.6 is 18.6 Å². The molecule has 4 aromatic rings. The highest BCUT2D eigenvalue weighted by Crippen LogP contribution is 2.48.